The number of rotatable bonds is 2. The molecule has 1 aliphatic carbocycles. The van der Waals surface area contributed by atoms with Gasteiger partial charge in [-0.1, -0.05) is 0 Å². The van der Waals surface area contributed by atoms with Gasteiger partial charge in [0.05, 0.1) is 0 Å². The van der Waals surface area contributed by atoms with Crippen LogP contribution in [0.3, 0.4) is 0 Å². The molecule has 3 unspecified atom stereocenters. The maximum atomic E-state index is 12.3. The van der Waals surface area contributed by atoms with Crippen molar-refractivity contribution in [3.63, 3.8) is 0 Å². The molecule has 4 rings (SSSR count). The van der Waals surface area contributed by atoms with Crippen molar-refractivity contribution in [3.8, 4) is 0 Å². The van der Waals surface area contributed by atoms with Gasteiger partial charge < -0.3 is 15.1 Å². The van der Waals surface area contributed by atoms with Crippen molar-refractivity contribution < 1.29 is 9.21 Å². The zero-order valence-corrected chi connectivity index (χ0v) is 11.5. The second-order valence-corrected chi connectivity index (χ2v) is 5.96. The predicted molar refractivity (Wildman–Crippen MR) is 74.8 cm³/mol. The van der Waals surface area contributed by atoms with E-state index in [2.05, 4.69) is 15.6 Å². The quantitative estimate of drug-likeness (QED) is 0.888. The first kappa shape index (κ1) is 12.2. The van der Waals surface area contributed by atoms with E-state index in [-0.39, 0.29) is 11.9 Å². The first-order valence-electron chi connectivity index (χ1n) is 6.78. The summed E-state index contributed by atoms with van der Waals surface area (Å²) in [6.45, 7) is 1.08. The summed E-state index contributed by atoms with van der Waals surface area (Å²) in [4.78, 5) is 16.4. The molecular weight excluding hydrogens is 278 g/mol. The number of aromatic nitrogens is 1. The van der Waals surface area contributed by atoms with E-state index < -0.39 is 0 Å². The predicted octanol–water partition coefficient (Wildman–Crippen LogP) is 1.96. The lowest BCUT2D eigenvalue weighted by molar-refractivity contribution is 0.0923. The normalized spacial score (nSPS) is 28.1. The fourth-order valence-electron chi connectivity index (χ4n) is 3.28. The van der Waals surface area contributed by atoms with E-state index in [4.69, 9.17) is 16.0 Å². The van der Waals surface area contributed by atoms with Gasteiger partial charge in [0.25, 0.3) is 5.91 Å². The molecule has 2 aromatic rings. The molecule has 2 N–H and O–H groups in total. The highest BCUT2D eigenvalue weighted by Crippen LogP contribution is 2.31. The maximum absolute atomic E-state index is 12.3. The number of amides is 1. The van der Waals surface area contributed by atoms with Gasteiger partial charge >= 0.3 is 0 Å². The van der Waals surface area contributed by atoms with Crippen LogP contribution in [0.25, 0.3) is 11.0 Å². The highest BCUT2D eigenvalue weighted by molar-refractivity contribution is 6.29. The fraction of sp³-hybridized carbons (Fsp3) is 0.429. The van der Waals surface area contributed by atoms with Gasteiger partial charge in [-0.25, -0.2) is 0 Å². The Kier molecular flexibility index (Phi) is 2.72. The molecular formula is C14H14ClN3O2. The lowest BCUT2D eigenvalue weighted by atomic mass is 10.1. The Labute approximate surface area is 120 Å². The molecule has 0 spiro atoms. The van der Waals surface area contributed by atoms with Crippen molar-refractivity contribution in [3.05, 3.63) is 29.2 Å². The molecule has 1 saturated heterocycles. The molecule has 1 aliphatic heterocycles. The summed E-state index contributed by atoms with van der Waals surface area (Å²) in [5.74, 6) is 0.545. The van der Waals surface area contributed by atoms with Gasteiger partial charge in [-0.15, -0.1) is 0 Å². The molecule has 0 radical (unpaired) electrons. The first-order valence-corrected chi connectivity index (χ1v) is 7.16. The van der Waals surface area contributed by atoms with Crippen molar-refractivity contribution in [1.82, 2.24) is 15.6 Å². The number of furan rings is 1. The second kappa shape index (κ2) is 4.46. The van der Waals surface area contributed by atoms with Crippen molar-refractivity contribution in [2.75, 3.05) is 6.54 Å². The minimum atomic E-state index is -0.154. The molecule has 1 saturated carbocycles. The monoisotopic (exact) mass is 291 g/mol. The summed E-state index contributed by atoms with van der Waals surface area (Å²) < 4.78 is 5.31. The van der Waals surface area contributed by atoms with Gasteiger partial charge in [-0.05, 0) is 36.9 Å². The van der Waals surface area contributed by atoms with Crippen LogP contribution in [0.2, 0.25) is 5.22 Å². The van der Waals surface area contributed by atoms with E-state index in [0.717, 1.165) is 24.8 Å². The van der Waals surface area contributed by atoms with Crippen LogP contribution in [-0.4, -0.2) is 29.5 Å². The van der Waals surface area contributed by atoms with E-state index in [0.29, 0.717) is 28.5 Å². The summed E-state index contributed by atoms with van der Waals surface area (Å²) in [6, 6.07) is 3.94. The average Bonchev–Trinajstić information content (AvgIpc) is 3.10. The standard InChI is InChI=1S/C14H14ClN3O2/c15-13-3-8-6-17-11(4-12(8)20-13)14(19)18-10-2-7-1-9(10)16-5-7/h3-4,6-7,9-10,16H,1-2,5H2,(H,18,19). The van der Waals surface area contributed by atoms with Crippen LogP contribution < -0.4 is 10.6 Å². The summed E-state index contributed by atoms with van der Waals surface area (Å²) in [5.41, 5.74) is 0.951. The van der Waals surface area contributed by atoms with E-state index in [1.165, 1.54) is 0 Å². The van der Waals surface area contributed by atoms with E-state index >= 15 is 0 Å². The summed E-state index contributed by atoms with van der Waals surface area (Å²) >= 11 is 5.79. The molecule has 20 heavy (non-hydrogen) atoms. The molecule has 1 amide bonds. The largest absolute Gasteiger partial charge is 0.445 e. The van der Waals surface area contributed by atoms with Crippen LogP contribution in [0.4, 0.5) is 0 Å². The second-order valence-electron chi connectivity index (χ2n) is 5.59. The fourth-order valence-corrected chi connectivity index (χ4v) is 3.48. The zero-order chi connectivity index (χ0) is 13.7. The number of nitrogens with one attached hydrogen (secondary N) is 2. The van der Waals surface area contributed by atoms with Crippen molar-refractivity contribution in [2.45, 2.75) is 24.9 Å². The highest BCUT2D eigenvalue weighted by Gasteiger charge is 2.40. The number of hydrogen-bond donors (Lipinski definition) is 2. The number of halogens is 1. The third-order valence-corrected chi connectivity index (χ3v) is 4.44. The summed E-state index contributed by atoms with van der Waals surface area (Å²) in [6.07, 6.45) is 3.82. The summed E-state index contributed by atoms with van der Waals surface area (Å²) in [7, 11) is 0. The van der Waals surface area contributed by atoms with Crippen LogP contribution in [0.15, 0.2) is 22.7 Å². The van der Waals surface area contributed by atoms with E-state index in [1.807, 2.05) is 0 Å². The Balaban J connectivity index is 1.54. The Morgan fingerprint density at radius 3 is 3.10 bits per heavy atom. The van der Waals surface area contributed by atoms with Gasteiger partial charge in [-0.3, -0.25) is 9.78 Å². The van der Waals surface area contributed by atoms with Crippen molar-refractivity contribution in [1.29, 1.82) is 0 Å². The third-order valence-electron chi connectivity index (χ3n) is 4.25. The first-order chi connectivity index (χ1) is 9.69. The van der Waals surface area contributed by atoms with Gasteiger partial charge in [-0.2, -0.15) is 0 Å². The van der Waals surface area contributed by atoms with Crippen LogP contribution in [0, 0.1) is 5.92 Å². The Bertz CT molecular complexity index is 684. The number of carbonyl (C=O) groups excluding carboxylic acids is 1. The molecule has 2 aliphatic rings. The zero-order valence-electron chi connectivity index (χ0n) is 10.7. The molecule has 104 valence electrons. The number of hydrogen-bond acceptors (Lipinski definition) is 4. The average molecular weight is 292 g/mol. The van der Waals surface area contributed by atoms with Gasteiger partial charge in [0, 0.05) is 35.8 Å². The van der Waals surface area contributed by atoms with Crippen LogP contribution in [0.5, 0.6) is 0 Å². The molecule has 3 heterocycles. The SMILES string of the molecule is O=C(NC1CC2CNC1C2)c1cc2oc(Cl)cc2cn1. The minimum Gasteiger partial charge on any atom is -0.445 e. The van der Waals surface area contributed by atoms with Crippen LogP contribution in [0.1, 0.15) is 23.3 Å². The third kappa shape index (κ3) is 1.98. The molecule has 5 nitrogen and oxygen atoms in total. The molecule has 2 fully saturated rings. The Hall–Kier alpha value is -1.59. The van der Waals surface area contributed by atoms with Crippen LogP contribution >= 0.6 is 11.6 Å². The molecule has 6 heteroatoms. The highest BCUT2D eigenvalue weighted by atomic mass is 35.5. The maximum Gasteiger partial charge on any atom is 0.270 e. The van der Waals surface area contributed by atoms with Crippen molar-refractivity contribution in [2.24, 2.45) is 5.92 Å². The topological polar surface area (TPSA) is 67.2 Å². The van der Waals surface area contributed by atoms with Gasteiger partial charge in [0.15, 0.2) is 5.22 Å². The molecule has 0 aromatic carbocycles. The van der Waals surface area contributed by atoms with E-state index in [1.54, 1.807) is 18.3 Å². The number of piperidine rings is 1. The lowest BCUT2D eigenvalue weighted by Crippen LogP contribution is -2.48. The van der Waals surface area contributed by atoms with Gasteiger partial charge in [0.2, 0.25) is 0 Å². The molecule has 3 atom stereocenters. The number of fused-ring (bicyclic) bond motifs is 3. The Morgan fingerprint density at radius 1 is 1.45 bits per heavy atom. The van der Waals surface area contributed by atoms with Crippen molar-refractivity contribution >= 4 is 28.5 Å². The lowest BCUT2D eigenvalue weighted by Gasteiger charge is -2.23. The van der Waals surface area contributed by atoms with Crippen LogP contribution in [-0.2, 0) is 0 Å². The molecule has 2 bridgehead atoms. The van der Waals surface area contributed by atoms with E-state index in [9.17, 15) is 4.79 Å². The number of pyridine rings is 1. The Morgan fingerprint density at radius 2 is 2.35 bits per heavy atom. The number of carbonyl (C=O) groups is 1. The molecule has 2 aromatic heterocycles. The minimum absolute atomic E-state index is 0.154. The number of nitrogens with zero attached hydrogens (tertiary/aromatic N) is 1. The van der Waals surface area contributed by atoms with Gasteiger partial charge in [0.1, 0.15) is 11.3 Å². The summed E-state index contributed by atoms with van der Waals surface area (Å²) in [5, 5.41) is 7.59. The smallest absolute Gasteiger partial charge is 0.270 e.